The molecule has 2 aromatic rings. The minimum atomic E-state index is -1.54. The molecule has 6 heteroatoms. The lowest BCUT2D eigenvalue weighted by atomic mass is 9.80. The molecule has 0 spiro atoms. The van der Waals surface area contributed by atoms with E-state index in [1.165, 1.54) is 30.4 Å². The van der Waals surface area contributed by atoms with Gasteiger partial charge in [-0.2, -0.15) is 5.10 Å². The van der Waals surface area contributed by atoms with E-state index < -0.39 is 7.12 Å². The molecule has 5 nitrogen and oxygen atoms in total. The van der Waals surface area contributed by atoms with Crippen molar-refractivity contribution < 1.29 is 10.0 Å². The second kappa shape index (κ2) is 8.27. The molecule has 2 rings (SSSR count). The Bertz CT molecular complexity index is 700. The van der Waals surface area contributed by atoms with Gasteiger partial charge in [0.25, 0.3) is 5.56 Å². The van der Waals surface area contributed by atoms with Gasteiger partial charge in [0.2, 0.25) is 0 Å². The van der Waals surface area contributed by atoms with Crippen molar-refractivity contribution in [2.75, 3.05) is 0 Å². The van der Waals surface area contributed by atoms with Gasteiger partial charge in [-0.25, -0.2) is 4.68 Å². The fraction of sp³-hybridized carbons (Fsp3) is 0.529. The smallest absolute Gasteiger partial charge is 0.423 e. The number of hydrogen-bond donors (Lipinski definition) is 2. The van der Waals surface area contributed by atoms with Gasteiger partial charge < -0.3 is 10.0 Å². The average Bonchev–Trinajstić information content (AvgIpc) is 2.54. The lowest BCUT2D eigenvalue weighted by Crippen LogP contribution is -2.31. The molecule has 0 aliphatic carbocycles. The fourth-order valence-electron chi connectivity index (χ4n) is 2.82. The number of benzene rings is 1. The molecule has 0 aliphatic rings. The normalized spacial score (nSPS) is 12.5. The quantitative estimate of drug-likeness (QED) is 0.577. The summed E-state index contributed by atoms with van der Waals surface area (Å²) in [5.41, 5.74) is 0.239. The summed E-state index contributed by atoms with van der Waals surface area (Å²) in [5.74, 6) is 0. The van der Waals surface area contributed by atoms with Gasteiger partial charge in [-0.15, -0.1) is 0 Å². The molecule has 0 saturated carbocycles. The molecule has 1 atom stereocenters. The van der Waals surface area contributed by atoms with E-state index in [9.17, 15) is 14.8 Å². The minimum absolute atomic E-state index is 0.0663. The molecule has 1 heterocycles. The standard InChI is InChI=1S/C17H25BN2O3/c1-3-4-5-6-7-8-13(2)20-17(21)16-10-9-15(18(22)23)11-14(16)12-19-20/h9-13,22-23H,3-8H2,1-2H3. The highest BCUT2D eigenvalue weighted by Crippen LogP contribution is 2.15. The molecule has 2 N–H and O–H groups in total. The Morgan fingerprint density at radius 1 is 1.22 bits per heavy atom. The van der Waals surface area contributed by atoms with Crippen LogP contribution in [0.25, 0.3) is 10.8 Å². The number of aromatic nitrogens is 2. The Balaban J connectivity index is 2.14. The Morgan fingerprint density at radius 2 is 1.96 bits per heavy atom. The summed E-state index contributed by atoms with van der Waals surface area (Å²) in [6.07, 6.45) is 8.59. The van der Waals surface area contributed by atoms with Crippen LogP contribution in [0, 0.1) is 0 Å². The first kappa shape index (κ1) is 17.7. The van der Waals surface area contributed by atoms with Crippen LogP contribution in [0.15, 0.2) is 29.2 Å². The Hall–Kier alpha value is -1.66. The van der Waals surface area contributed by atoms with Crippen LogP contribution in [0.5, 0.6) is 0 Å². The largest absolute Gasteiger partial charge is 0.488 e. The van der Waals surface area contributed by atoms with E-state index in [0.29, 0.717) is 16.2 Å². The predicted octanol–water partition coefficient (Wildman–Crippen LogP) is 2.00. The zero-order valence-corrected chi connectivity index (χ0v) is 13.9. The number of nitrogens with zero attached hydrogens (tertiary/aromatic N) is 2. The van der Waals surface area contributed by atoms with Gasteiger partial charge in [0.15, 0.2) is 0 Å². The van der Waals surface area contributed by atoms with Gasteiger partial charge in [-0.1, -0.05) is 51.2 Å². The third-order valence-corrected chi connectivity index (χ3v) is 4.28. The third-order valence-electron chi connectivity index (χ3n) is 4.28. The highest BCUT2D eigenvalue weighted by molar-refractivity contribution is 6.58. The van der Waals surface area contributed by atoms with Crippen LogP contribution in [0.3, 0.4) is 0 Å². The number of rotatable bonds is 8. The predicted molar refractivity (Wildman–Crippen MR) is 93.9 cm³/mol. The Labute approximate surface area is 137 Å². The molecule has 23 heavy (non-hydrogen) atoms. The van der Waals surface area contributed by atoms with E-state index >= 15 is 0 Å². The van der Waals surface area contributed by atoms with E-state index in [-0.39, 0.29) is 11.6 Å². The van der Waals surface area contributed by atoms with Crippen molar-refractivity contribution in [3.8, 4) is 0 Å². The van der Waals surface area contributed by atoms with Crippen LogP contribution in [0.4, 0.5) is 0 Å². The highest BCUT2D eigenvalue weighted by atomic mass is 16.4. The van der Waals surface area contributed by atoms with Gasteiger partial charge >= 0.3 is 7.12 Å². The summed E-state index contributed by atoms with van der Waals surface area (Å²) in [6, 6.07) is 4.86. The van der Waals surface area contributed by atoms with Gasteiger partial charge in [0.05, 0.1) is 17.6 Å². The maximum absolute atomic E-state index is 12.6. The SMILES string of the molecule is CCCCCCCC(C)n1ncc2cc(B(O)O)ccc2c1=O. The zero-order chi connectivity index (χ0) is 16.8. The number of fused-ring (bicyclic) bond motifs is 1. The van der Waals surface area contributed by atoms with Crippen molar-refractivity contribution in [2.24, 2.45) is 0 Å². The van der Waals surface area contributed by atoms with Crippen LogP contribution in [-0.2, 0) is 0 Å². The number of unbranched alkanes of at least 4 members (excludes halogenated alkanes) is 4. The van der Waals surface area contributed by atoms with E-state index in [2.05, 4.69) is 12.0 Å². The van der Waals surface area contributed by atoms with Gasteiger partial charge in [-0.05, 0) is 24.9 Å². The summed E-state index contributed by atoms with van der Waals surface area (Å²) in [4.78, 5) is 12.6. The lowest BCUT2D eigenvalue weighted by Gasteiger charge is -2.14. The summed E-state index contributed by atoms with van der Waals surface area (Å²) >= 11 is 0. The summed E-state index contributed by atoms with van der Waals surface area (Å²) in [7, 11) is -1.54. The minimum Gasteiger partial charge on any atom is -0.423 e. The Morgan fingerprint density at radius 3 is 2.65 bits per heavy atom. The number of hydrogen-bond acceptors (Lipinski definition) is 4. The van der Waals surface area contributed by atoms with Crippen molar-refractivity contribution in [1.29, 1.82) is 0 Å². The lowest BCUT2D eigenvalue weighted by molar-refractivity contribution is 0.419. The van der Waals surface area contributed by atoms with Gasteiger partial charge in [0, 0.05) is 5.39 Å². The zero-order valence-electron chi connectivity index (χ0n) is 13.9. The van der Waals surface area contributed by atoms with Crippen molar-refractivity contribution in [1.82, 2.24) is 9.78 Å². The second-order valence-electron chi connectivity index (χ2n) is 6.17. The van der Waals surface area contributed by atoms with Gasteiger partial charge in [0.1, 0.15) is 0 Å². The van der Waals surface area contributed by atoms with Crippen molar-refractivity contribution in [2.45, 2.75) is 58.4 Å². The van der Waals surface area contributed by atoms with E-state index in [4.69, 9.17) is 0 Å². The van der Waals surface area contributed by atoms with Crippen LogP contribution in [0.1, 0.15) is 58.4 Å². The molecule has 0 saturated heterocycles. The molecular weight excluding hydrogens is 291 g/mol. The maximum atomic E-state index is 12.6. The van der Waals surface area contributed by atoms with Crippen LogP contribution < -0.4 is 11.0 Å². The molecule has 1 aromatic heterocycles. The molecule has 0 radical (unpaired) electrons. The van der Waals surface area contributed by atoms with E-state index in [1.807, 2.05) is 6.92 Å². The average molecular weight is 316 g/mol. The monoisotopic (exact) mass is 316 g/mol. The molecule has 124 valence electrons. The molecule has 1 aromatic carbocycles. The van der Waals surface area contributed by atoms with Gasteiger partial charge in [-0.3, -0.25) is 4.79 Å². The van der Waals surface area contributed by atoms with E-state index in [1.54, 1.807) is 24.4 Å². The first-order valence-electron chi connectivity index (χ1n) is 8.42. The van der Waals surface area contributed by atoms with Crippen molar-refractivity contribution >= 4 is 23.4 Å². The van der Waals surface area contributed by atoms with Crippen LogP contribution >= 0.6 is 0 Å². The molecule has 0 amide bonds. The van der Waals surface area contributed by atoms with Crippen molar-refractivity contribution in [3.05, 3.63) is 34.7 Å². The third kappa shape index (κ3) is 4.42. The first-order chi connectivity index (χ1) is 11.0. The van der Waals surface area contributed by atoms with Crippen LogP contribution in [-0.4, -0.2) is 26.9 Å². The van der Waals surface area contributed by atoms with Crippen molar-refractivity contribution in [3.63, 3.8) is 0 Å². The molecule has 0 fully saturated rings. The summed E-state index contributed by atoms with van der Waals surface area (Å²) < 4.78 is 1.54. The van der Waals surface area contributed by atoms with E-state index in [0.717, 1.165) is 12.8 Å². The molecule has 0 aliphatic heterocycles. The summed E-state index contributed by atoms with van der Waals surface area (Å²) in [5, 5.41) is 23.9. The first-order valence-corrected chi connectivity index (χ1v) is 8.42. The Kier molecular flexibility index (Phi) is 6.36. The molecule has 0 bridgehead atoms. The molecule has 1 unspecified atom stereocenters. The van der Waals surface area contributed by atoms with Crippen LogP contribution in [0.2, 0.25) is 0 Å². The maximum Gasteiger partial charge on any atom is 0.488 e. The highest BCUT2D eigenvalue weighted by Gasteiger charge is 2.14. The second-order valence-corrected chi connectivity index (χ2v) is 6.17. The topological polar surface area (TPSA) is 75.3 Å². The fourth-order valence-corrected chi connectivity index (χ4v) is 2.82. The summed E-state index contributed by atoms with van der Waals surface area (Å²) in [6.45, 7) is 4.22. The molecular formula is C17H25BN2O3.